The predicted molar refractivity (Wildman–Crippen MR) is 108 cm³/mol. The zero-order valence-electron chi connectivity index (χ0n) is 15.1. The van der Waals surface area contributed by atoms with Crippen LogP contribution in [0.15, 0.2) is 47.4 Å². The van der Waals surface area contributed by atoms with E-state index in [9.17, 15) is 18.0 Å². The second-order valence-corrected chi connectivity index (χ2v) is 9.37. The molecule has 1 aliphatic heterocycles. The summed E-state index contributed by atoms with van der Waals surface area (Å²) in [5, 5.41) is 0.676. The van der Waals surface area contributed by atoms with Gasteiger partial charge in [-0.1, -0.05) is 29.3 Å². The number of carbonyl (C=O) groups is 2. The fourth-order valence-corrected chi connectivity index (χ4v) is 4.02. The number of sulfone groups is 1. The third-order valence-electron chi connectivity index (χ3n) is 4.52. The zero-order valence-corrected chi connectivity index (χ0v) is 17.4. The Kier molecular flexibility index (Phi) is 5.98. The lowest BCUT2D eigenvalue weighted by atomic mass is 10.1. The van der Waals surface area contributed by atoms with E-state index in [-0.39, 0.29) is 27.3 Å². The Morgan fingerprint density at radius 1 is 0.893 bits per heavy atom. The van der Waals surface area contributed by atoms with Crippen LogP contribution in [0, 0.1) is 0 Å². The summed E-state index contributed by atoms with van der Waals surface area (Å²) in [4.78, 5) is 28.7. The third kappa shape index (κ3) is 4.48. The average Bonchev–Trinajstić information content (AvgIpc) is 2.66. The topological polar surface area (TPSA) is 74.8 Å². The van der Waals surface area contributed by atoms with Gasteiger partial charge >= 0.3 is 0 Å². The number of hydrogen-bond donors (Lipinski definition) is 0. The smallest absolute Gasteiger partial charge is 0.255 e. The second-order valence-electron chi connectivity index (χ2n) is 6.51. The molecule has 2 amide bonds. The van der Waals surface area contributed by atoms with Gasteiger partial charge in [-0.15, -0.1) is 0 Å². The molecule has 0 radical (unpaired) electrons. The Labute approximate surface area is 173 Å². The molecule has 0 spiro atoms. The van der Waals surface area contributed by atoms with Gasteiger partial charge in [0.2, 0.25) is 0 Å². The van der Waals surface area contributed by atoms with Crippen molar-refractivity contribution in [2.24, 2.45) is 0 Å². The number of piperazine rings is 1. The Bertz CT molecular complexity index is 1030. The molecule has 0 aromatic heterocycles. The number of nitrogens with zero attached hydrogens (tertiary/aromatic N) is 2. The Morgan fingerprint density at radius 2 is 1.50 bits per heavy atom. The Morgan fingerprint density at radius 3 is 2.07 bits per heavy atom. The lowest BCUT2D eigenvalue weighted by Gasteiger charge is -2.35. The third-order valence-corrected chi connectivity index (χ3v) is 6.20. The van der Waals surface area contributed by atoms with Crippen molar-refractivity contribution < 1.29 is 18.0 Å². The summed E-state index contributed by atoms with van der Waals surface area (Å²) >= 11 is 12.1. The maximum absolute atomic E-state index is 12.8. The number of rotatable bonds is 3. The van der Waals surface area contributed by atoms with E-state index in [2.05, 4.69) is 0 Å². The fraction of sp³-hybridized carbons (Fsp3) is 0.263. The van der Waals surface area contributed by atoms with Crippen LogP contribution in [0.5, 0.6) is 0 Å². The standard InChI is InChI=1S/C19H18Cl2N2O4S/c1-28(26,27)15-5-6-17(21)16(12-15)19(25)23-9-7-22(8-10-23)18(24)13-3-2-4-14(20)11-13/h2-6,11-12H,7-10H2,1H3. The number of carbonyl (C=O) groups excluding carboxylic acids is 2. The highest BCUT2D eigenvalue weighted by Gasteiger charge is 2.27. The minimum atomic E-state index is -3.45. The van der Waals surface area contributed by atoms with E-state index < -0.39 is 9.84 Å². The van der Waals surface area contributed by atoms with Crippen molar-refractivity contribution in [2.45, 2.75) is 4.90 Å². The van der Waals surface area contributed by atoms with Crippen LogP contribution in [0.2, 0.25) is 10.0 Å². The highest BCUT2D eigenvalue weighted by atomic mass is 35.5. The molecule has 0 aliphatic carbocycles. The number of halogens is 2. The number of amides is 2. The molecular formula is C19H18Cl2N2O4S. The molecule has 2 aromatic rings. The van der Waals surface area contributed by atoms with Crippen LogP contribution in [0.1, 0.15) is 20.7 Å². The zero-order chi connectivity index (χ0) is 20.5. The summed E-state index contributed by atoms with van der Waals surface area (Å²) in [5.74, 6) is -0.503. The largest absolute Gasteiger partial charge is 0.335 e. The number of benzene rings is 2. The quantitative estimate of drug-likeness (QED) is 0.734. The van der Waals surface area contributed by atoms with Crippen molar-refractivity contribution in [3.05, 3.63) is 63.6 Å². The van der Waals surface area contributed by atoms with Gasteiger partial charge in [0.15, 0.2) is 9.84 Å². The van der Waals surface area contributed by atoms with E-state index in [1.165, 1.54) is 18.2 Å². The van der Waals surface area contributed by atoms with Crippen LogP contribution in [-0.4, -0.2) is 62.5 Å². The Hall–Kier alpha value is -2.09. The lowest BCUT2D eigenvalue weighted by Crippen LogP contribution is -2.50. The summed E-state index contributed by atoms with van der Waals surface area (Å²) in [7, 11) is -3.45. The number of hydrogen-bond acceptors (Lipinski definition) is 4. The van der Waals surface area contributed by atoms with Crippen molar-refractivity contribution in [2.75, 3.05) is 32.4 Å². The van der Waals surface area contributed by atoms with Gasteiger partial charge in [-0.2, -0.15) is 0 Å². The van der Waals surface area contributed by atoms with Crippen molar-refractivity contribution in [3.8, 4) is 0 Å². The van der Waals surface area contributed by atoms with Gasteiger partial charge in [-0.3, -0.25) is 9.59 Å². The molecule has 6 nitrogen and oxygen atoms in total. The molecule has 0 atom stereocenters. The molecule has 1 heterocycles. The first-order valence-corrected chi connectivity index (χ1v) is 11.2. The summed E-state index contributed by atoms with van der Waals surface area (Å²) in [5.41, 5.74) is 0.635. The molecule has 1 saturated heterocycles. The van der Waals surface area contributed by atoms with Gasteiger partial charge in [-0.05, 0) is 36.4 Å². The monoisotopic (exact) mass is 440 g/mol. The van der Waals surface area contributed by atoms with Crippen LogP contribution in [-0.2, 0) is 9.84 Å². The molecule has 0 unspecified atom stereocenters. The summed E-state index contributed by atoms with van der Waals surface area (Å²) in [6.45, 7) is 1.37. The van der Waals surface area contributed by atoms with E-state index in [0.717, 1.165) is 6.26 Å². The SMILES string of the molecule is CS(=O)(=O)c1ccc(Cl)c(C(=O)N2CCN(C(=O)c3cccc(Cl)c3)CC2)c1. The van der Waals surface area contributed by atoms with E-state index in [1.807, 2.05) is 0 Å². The van der Waals surface area contributed by atoms with Gasteiger partial charge in [0.05, 0.1) is 15.5 Å². The summed E-state index contributed by atoms with van der Waals surface area (Å²) < 4.78 is 23.5. The van der Waals surface area contributed by atoms with E-state index in [4.69, 9.17) is 23.2 Å². The Balaban J connectivity index is 1.71. The van der Waals surface area contributed by atoms with Crippen molar-refractivity contribution in [3.63, 3.8) is 0 Å². The van der Waals surface area contributed by atoms with Crippen molar-refractivity contribution >= 4 is 44.9 Å². The molecule has 0 saturated carbocycles. The van der Waals surface area contributed by atoms with Crippen molar-refractivity contribution in [1.29, 1.82) is 0 Å². The molecular weight excluding hydrogens is 423 g/mol. The van der Waals surface area contributed by atoms with Crippen LogP contribution in [0.4, 0.5) is 0 Å². The minimum absolute atomic E-state index is 0.0371. The molecule has 1 aliphatic rings. The maximum Gasteiger partial charge on any atom is 0.255 e. The highest BCUT2D eigenvalue weighted by molar-refractivity contribution is 7.90. The van der Waals surface area contributed by atoms with Crippen LogP contribution in [0.3, 0.4) is 0 Å². The minimum Gasteiger partial charge on any atom is -0.335 e. The molecule has 3 rings (SSSR count). The lowest BCUT2D eigenvalue weighted by molar-refractivity contribution is 0.0535. The van der Waals surface area contributed by atoms with E-state index in [1.54, 1.807) is 34.1 Å². The molecule has 0 bridgehead atoms. The molecule has 9 heteroatoms. The first-order valence-electron chi connectivity index (χ1n) is 8.50. The van der Waals surface area contributed by atoms with Gasteiger partial charge in [0.25, 0.3) is 11.8 Å². The molecule has 28 heavy (non-hydrogen) atoms. The first-order chi connectivity index (χ1) is 13.2. The van der Waals surface area contributed by atoms with Gasteiger partial charge < -0.3 is 9.80 Å². The first kappa shape index (κ1) is 20.6. The van der Waals surface area contributed by atoms with Crippen molar-refractivity contribution in [1.82, 2.24) is 9.80 Å². The van der Waals surface area contributed by atoms with Crippen LogP contribution in [0.25, 0.3) is 0 Å². The summed E-state index contributed by atoms with van der Waals surface area (Å²) in [6, 6.07) is 10.8. The average molecular weight is 441 g/mol. The van der Waals surface area contributed by atoms with Gasteiger partial charge in [0.1, 0.15) is 0 Å². The highest BCUT2D eigenvalue weighted by Crippen LogP contribution is 2.23. The van der Waals surface area contributed by atoms with E-state index in [0.29, 0.717) is 36.8 Å². The molecule has 2 aromatic carbocycles. The fourth-order valence-electron chi connectivity index (χ4n) is 2.99. The van der Waals surface area contributed by atoms with Crippen LogP contribution >= 0.6 is 23.2 Å². The summed E-state index contributed by atoms with van der Waals surface area (Å²) in [6.07, 6.45) is 1.07. The van der Waals surface area contributed by atoms with Gasteiger partial charge in [0, 0.05) is 43.0 Å². The van der Waals surface area contributed by atoms with Gasteiger partial charge in [-0.25, -0.2) is 8.42 Å². The molecule has 148 valence electrons. The normalized spacial score (nSPS) is 14.8. The molecule has 1 fully saturated rings. The maximum atomic E-state index is 12.8. The van der Waals surface area contributed by atoms with Crippen LogP contribution < -0.4 is 0 Å². The molecule has 0 N–H and O–H groups in total. The van der Waals surface area contributed by atoms with E-state index >= 15 is 0 Å². The second kappa shape index (κ2) is 8.11. The predicted octanol–water partition coefficient (Wildman–Crippen LogP) is 3.00.